The molecule has 0 bridgehead atoms. The van der Waals surface area contributed by atoms with Crippen molar-refractivity contribution in [2.24, 2.45) is 0 Å². The minimum absolute atomic E-state index is 0.0493. The molecule has 3 aromatic rings. The number of aromatic nitrogens is 1. The van der Waals surface area contributed by atoms with Crippen LogP contribution in [0.3, 0.4) is 0 Å². The van der Waals surface area contributed by atoms with Crippen molar-refractivity contribution in [1.82, 2.24) is 19.7 Å². The van der Waals surface area contributed by atoms with Gasteiger partial charge in [-0.25, -0.2) is 4.79 Å². The molecule has 184 valence electrons. The molecule has 2 saturated heterocycles. The van der Waals surface area contributed by atoms with Gasteiger partial charge in [0.1, 0.15) is 12.1 Å². The molecule has 0 radical (unpaired) electrons. The molecule has 8 nitrogen and oxygen atoms in total. The number of benzene rings is 2. The molecule has 5 rings (SSSR count). The summed E-state index contributed by atoms with van der Waals surface area (Å²) in [6.45, 7) is 3.07. The molecule has 1 atom stereocenters. The zero-order valence-corrected chi connectivity index (χ0v) is 20.1. The predicted octanol–water partition coefficient (Wildman–Crippen LogP) is 3.70. The zero-order chi connectivity index (χ0) is 25.2. The van der Waals surface area contributed by atoms with Crippen LogP contribution in [0.25, 0.3) is 17.0 Å². The van der Waals surface area contributed by atoms with Crippen LogP contribution in [0, 0.1) is 0 Å². The van der Waals surface area contributed by atoms with E-state index in [2.05, 4.69) is 12.2 Å². The maximum Gasteiger partial charge on any atom is 0.331 e. The summed E-state index contributed by atoms with van der Waals surface area (Å²) in [5, 5.41) is 3.09. The fourth-order valence-electron chi connectivity index (χ4n) is 4.99. The quantitative estimate of drug-likeness (QED) is 0.442. The number of urea groups is 1. The Morgan fingerprint density at radius 1 is 1.03 bits per heavy atom. The average molecular weight is 485 g/mol. The highest BCUT2D eigenvalue weighted by atomic mass is 16.2. The van der Waals surface area contributed by atoms with E-state index in [1.54, 1.807) is 6.20 Å². The monoisotopic (exact) mass is 484 g/mol. The number of carbonyl (C=O) groups excluding carboxylic acids is 4. The number of rotatable bonds is 5. The molecule has 36 heavy (non-hydrogen) atoms. The van der Waals surface area contributed by atoms with Crippen molar-refractivity contribution in [3.8, 4) is 0 Å². The summed E-state index contributed by atoms with van der Waals surface area (Å²) in [5.41, 5.74) is 2.13. The molecular formula is C28H28N4O4. The number of carbonyl (C=O) groups is 4. The van der Waals surface area contributed by atoms with Crippen molar-refractivity contribution in [3.05, 3.63) is 77.5 Å². The number of hydrogen-bond acceptors (Lipinski definition) is 4. The van der Waals surface area contributed by atoms with Crippen LogP contribution < -0.4 is 5.32 Å². The number of barbiturate groups is 1. The zero-order valence-electron chi connectivity index (χ0n) is 20.1. The number of fused-ring (bicyclic) bond motifs is 1. The number of hydrogen-bond donors (Lipinski definition) is 1. The topological polar surface area (TPSA) is 91.7 Å². The second-order valence-electron chi connectivity index (χ2n) is 9.36. The van der Waals surface area contributed by atoms with Crippen LogP contribution in [-0.4, -0.2) is 50.7 Å². The first-order valence-corrected chi connectivity index (χ1v) is 12.2. The van der Waals surface area contributed by atoms with Crippen molar-refractivity contribution in [3.63, 3.8) is 0 Å². The van der Waals surface area contributed by atoms with Gasteiger partial charge in [0.2, 0.25) is 5.91 Å². The maximum atomic E-state index is 13.2. The number of likely N-dealkylation sites (tertiary alicyclic amines) is 1. The van der Waals surface area contributed by atoms with Crippen LogP contribution in [-0.2, 0) is 27.5 Å². The van der Waals surface area contributed by atoms with Gasteiger partial charge in [0.15, 0.2) is 0 Å². The van der Waals surface area contributed by atoms with Crippen LogP contribution in [0.2, 0.25) is 0 Å². The van der Waals surface area contributed by atoms with Gasteiger partial charge in [-0.05, 0) is 43.9 Å². The lowest BCUT2D eigenvalue weighted by Gasteiger charge is -2.33. The Morgan fingerprint density at radius 3 is 2.56 bits per heavy atom. The molecule has 5 amide bonds. The molecule has 1 aromatic heterocycles. The first kappa shape index (κ1) is 23.5. The van der Waals surface area contributed by atoms with E-state index in [4.69, 9.17) is 0 Å². The summed E-state index contributed by atoms with van der Waals surface area (Å²) >= 11 is 0. The predicted molar refractivity (Wildman–Crippen MR) is 135 cm³/mol. The summed E-state index contributed by atoms with van der Waals surface area (Å²) < 4.78 is 1.86. The summed E-state index contributed by atoms with van der Waals surface area (Å²) in [5.74, 6) is -1.33. The highest BCUT2D eigenvalue weighted by molar-refractivity contribution is 6.31. The molecule has 8 heteroatoms. The molecule has 2 aromatic carbocycles. The van der Waals surface area contributed by atoms with Crippen molar-refractivity contribution in [1.29, 1.82) is 0 Å². The molecule has 3 heterocycles. The lowest BCUT2D eigenvalue weighted by molar-refractivity contribution is -0.135. The first-order valence-electron chi connectivity index (χ1n) is 12.2. The van der Waals surface area contributed by atoms with E-state index in [-0.39, 0.29) is 30.6 Å². The van der Waals surface area contributed by atoms with E-state index in [1.807, 2.05) is 64.1 Å². The van der Waals surface area contributed by atoms with Gasteiger partial charge < -0.3 is 9.47 Å². The molecule has 0 spiro atoms. The van der Waals surface area contributed by atoms with Crippen molar-refractivity contribution >= 4 is 40.7 Å². The fraction of sp³-hybridized carbons (Fsp3) is 0.286. The van der Waals surface area contributed by atoms with E-state index >= 15 is 0 Å². The Balaban J connectivity index is 1.46. The standard InChI is InChI=1S/C28H28N4O4/c1-19-9-7-8-14-31(19)25(33)18-30-17-21(22-12-5-6-13-24(22)30)15-23-26(34)29-28(36)32(27(23)35)16-20-10-3-2-4-11-20/h2-6,10-13,15,17,19H,7-9,14,16,18H2,1H3,(H,29,34,36)/b23-15+/t19-/m1/s1. The van der Waals surface area contributed by atoms with Crippen LogP contribution in [0.15, 0.2) is 66.4 Å². The van der Waals surface area contributed by atoms with Crippen molar-refractivity contribution in [2.75, 3.05) is 6.54 Å². The largest absolute Gasteiger partial charge is 0.338 e. The van der Waals surface area contributed by atoms with Gasteiger partial charge in [0.25, 0.3) is 11.8 Å². The highest BCUT2D eigenvalue weighted by Crippen LogP contribution is 2.26. The van der Waals surface area contributed by atoms with Gasteiger partial charge in [-0.15, -0.1) is 0 Å². The van der Waals surface area contributed by atoms with Gasteiger partial charge in [-0.3, -0.25) is 24.6 Å². The average Bonchev–Trinajstić information content (AvgIpc) is 3.22. The van der Waals surface area contributed by atoms with Crippen LogP contribution in [0.5, 0.6) is 0 Å². The lowest BCUT2D eigenvalue weighted by atomic mass is 10.0. The van der Waals surface area contributed by atoms with E-state index < -0.39 is 17.8 Å². The second kappa shape index (κ2) is 9.81. The summed E-state index contributed by atoms with van der Waals surface area (Å²) in [7, 11) is 0. The molecule has 0 unspecified atom stereocenters. The second-order valence-corrected chi connectivity index (χ2v) is 9.36. The summed E-state index contributed by atoms with van der Waals surface area (Å²) in [4.78, 5) is 54.4. The van der Waals surface area contributed by atoms with Crippen molar-refractivity contribution in [2.45, 2.75) is 45.3 Å². The summed E-state index contributed by atoms with van der Waals surface area (Å²) in [6, 6.07) is 16.2. The lowest BCUT2D eigenvalue weighted by Crippen LogP contribution is -2.53. The third-order valence-electron chi connectivity index (χ3n) is 6.92. The molecular weight excluding hydrogens is 456 g/mol. The minimum atomic E-state index is -0.741. The Kier molecular flexibility index (Phi) is 6.41. The third kappa shape index (κ3) is 4.54. The molecule has 0 aliphatic carbocycles. The Hall–Kier alpha value is -4.20. The van der Waals surface area contributed by atoms with Crippen LogP contribution in [0.4, 0.5) is 4.79 Å². The first-order chi connectivity index (χ1) is 17.4. The molecule has 0 saturated carbocycles. The smallest absolute Gasteiger partial charge is 0.331 e. The number of nitrogens with zero attached hydrogens (tertiary/aromatic N) is 3. The molecule has 2 aliphatic heterocycles. The van der Waals surface area contributed by atoms with E-state index in [0.717, 1.165) is 47.2 Å². The number of nitrogens with one attached hydrogen (secondary N) is 1. The number of piperidine rings is 1. The Morgan fingerprint density at radius 2 is 1.78 bits per heavy atom. The van der Waals surface area contributed by atoms with Crippen molar-refractivity contribution < 1.29 is 19.2 Å². The number of amides is 5. The number of para-hydroxylation sites is 1. The number of imide groups is 2. The van der Waals surface area contributed by atoms with Gasteiger partial charge in [0.05, 0.1) is 6.54 Å². The van der Waals surface area contributed by atoms with Gasteiger partial charge in [0, 0.05) is 35.2 Å². The van der Waals surface area contributed by atoms with Gasteiger partial charge in [-0.2, -0.15) is 0 Å². The van der Waals surface area contributed by atoms with Gasteiger partial charge >= 0.3 is 6.03 Å². The molecule has 2 aliphatic rings. The van der Waals surface area contributed by atoms with Crippen LogP contribution in [0.1, 0.15) is 37.3 Å². The molecule has 2 fully saturated rings. The highest BCUT2D eigenvalue weighted by Gasteiger charge is 2.36. The SMILES string of the molecule is C[C@@H]1CCCCN1C(=O)Cn1cc(/C=C2\C(=O)NC(=O)N(Cc3ccccc3)C2=O)c2ccccc21. The molecule has 1 N–H and O–H groups in total. The van der Waals surface area contributed by atoms with Crippen LogP contribution >= 0.6 is 0 Å². The minimum Gasteiger partial charge on any atom is -0.338 e. The summed E-state index contributed by atoms with van der Waals surface area (Å²) in [6.07, 6.45) is 6.45. The third-order valence-corrected chi connectivity index (χ3v) is 6.92. The fourth-order valence-corrected chi connectivity index (χ4v) is 4.99. The normalized spacial score (nSPS) is 19.8. The Bertz CT molecular complexity index is 1370. The van der Waals surface area contributed by atoms with E-state index in [9.17, 15) is 19.2 Å². The maximum absolute atomic E-state index is 13.2. The van der Waals surface area contributed by atoms with E-state index in [0.29, 0.717) is 5.56 Å². The van der Waals surface area contributed by atoms with Gasteiger partial charge in [-0.1, -0.05) is 48.5 Å². The Labute approximate surface area is 209 Å². The van der Waals surface area contributed by atoms with E-state index in [1.165, 1.54) is 6.08 Å².